The third-order valence-corrected chi connectivity index (χ3v) is 7.48. The van der Waals surface area contributed by atoms with Crippen LogP contribution in [0, 0.1) is 5.82 Å². The molecule has 0 aliphatic heterocycles. The molecule has 0 bridgehead atoms. The van der Waals surface area contributed by atoms with E-state index in [2.05, 4.69) is 10.3 Å². The van der Waals surface area contributed by atoms with Gasteiger partial charge in [-0.3, -0.25) is 14.4 Å². The van der Waals surface area contributed by atoms with E-state index < -0.39 is 17.8 Å². The molecule has 9 nitrogen and oxygen atoms in total. The van der Waals surface area contributed by atoms with Crippen LogP contribution >= 0.6 is 11.3 Å². The van der Waals surface area contributed by atoms with E-state index in [1.165, 1.54) is 35.6 Å². The molecule has 4 rings (SSSR count). The molecule has 1 aromatic heterocycles. The predicted octanol–water partition coefficient (Wildman–Crippen LogP) is 3.94. The van der Waals surface area contributed by atoms with Crippen LogP contribution < -0.4 is 26.4 Å². The Morgan fingerprint density at radius 2 is 1.76 bits per heavy atom. The number of thiazole rings is 1. The van der Waals surface area contributed by atoms with Gasteiger partial charge in [0.2, 0.25) is 11.7 Å². The van der Waals surface area contributed by atoms with Crippen molar-refractivity contribution in [3.05, 3.63) is 64.8 Å². The Balaban J connectivity index is 1.45. The summed E-state index contributed by atoms with van der Waals surface area (Å²) in [6.45, 7) is 1.48. The highest BCUT2D eigenvalue weighted by molar-refractivity contribution is 7.18. The molecule has 1 unspecified atom stereocenters. The minimum absolute atomic E-state index is 0.00140. The highest BCUT2D eigenvalue weighted by Crippen LogP contribution is 2.36. The molecule has 0 radical (unpaired) electrons. The van der Waals surface area contributed by atoms with Gasteiger partial charge in [0.25, 0.3) is 5.91 Å². The average molecular weight is 540 g/mol. The van der Waals surface area contributed by atoms with Crippen molar-refractivity contribution in [2.75, 3.05) is 17.2 Å². The van der Waals surface area contributed by atoms with Crippen molar-refractivity contribution in [3.63, 3.8) is 0 Å². The van der Waals surface area contributed by atoms with Gasteiger partial charge < -0.3 is 26.4 Å². The molecule has 1 atom stereocenters. The Bertz CT molecular complexity index is 1290. The molecule has 200 valence electrons. The standard InChI is InChI=1S/C27H30FN5O4S/c1-16(26(30)36)33(20-11-9-18(28)10-12-20)27-32-25(29)24(38-27)23(35)17-7-13-21(14-8-17)37-15-22(34)31-19-5-3-2-4-6-19/h7-14,16,19H,2-6,15,29H2,1H3,(H2,30,36)(H,31,34). The zero-order valence-corrected chi connectivity index (χ0v) is 21.8. The number of anilines is 3. The first-order valence-electron chi connectivity index (χ1n) is 12.4. The second-order valence-electron chi connectivity index (χ2n) is 9.18. The summed E-state index contributed by atoms with van der Waals surface area (Å²) < 4.78 is 19.0. The predicted molar refractivity (Wildman–Crippen MR) is 144 cm³/mol. The summed E-state index contributed by atoms with van der Waals surface area (Å²) >= 11 is 1.00. The number of amides is 2. The molecule has 11 heteroatoms. The topological polar surface area (TPSA) is 141 Å². The van der Waals surface area contributed by atoms with Crippen LogP contribution in [-0.4, -0.2) is 41.3 Å². The van der Waals surface area contributed by atoms with Crippen molar-refractivity contribution in [1.82, 2.24) is 10.3 Å². The molecule has 1 saturated carbocycles. The highest BCUT2D eigenvalue weighted by Gasteiger charge is 2.27. The van der Waals surface area contributed by atoms with Crippen LogP contribution in [0.3, 0.4) is 0 Å². The van der Waals surface area contributed by atoms with Gasteiger partial charge in [-0.15, -0.1) is 0 Å². The van der Waals surface area contributed by atoms with Crippen LogP contribution in [0.1, 0.15) is 54.3 Å². The van der Waals surface area contributed by atoms with Crippen molar-refractivity contribution < 1.29 is 23.5 Å². The third-order valence-electron chi connectivity index (χ3n) is 6.41. The minimum atomic E-state index is -0.833. The number of carbonyl (C=O) groups excluding carboxylic acids is 3. The summed E-state index contributed by atoms with van der Waals surface area (Å²) in [6, 6.07) is 11.2. The SMILES string of the molecule is CC(C(N)=O)N(c1ccc(F)cc1)c1nc(N)c(C(=O)c2ccc(OCC(=O)NC3CCCCC3)cc2)s1. The van der Waals surface area contributed by atoms with Crippen molar-refractivity contribution >= 4 is 45.6 Å². The fourth-order valence-electron chi connectivity index (χ4n) is 4.31. The van der Waals surface area contributed by atoms with Crippen LogP contribution in [0.4, 0.5) is 21.0 Å². The molecular weight excluding hydrogens is 509 g/mol. The summed E-state index contributed by atoms with van der Waals surface area (Å²) in [7, 11) is 0. The molecule has 1 aliphatic rings. The number of hydrogen-bond donors (Lipinski definition) is 3. The van der Waals surface area contributed by atoms with E-state index in [4.69, 9.17) is 16.2 Å². The molecule has 2 amide bonds. The van der Waals surface area contributed by atoms with E-state index in [0.717, 1.165) is 37.0 Å². The Morgan fingerprint density at radius 3 is 2.39 bits per heavy atom. The maximum absolute atomic E-state index is 13.5. The lowest BCUT2D eigenvalue weighted by Gasteiger charge is -2.26. The van der Waals surface area contributed by atoms with E-state index in [1.54, 1.807) is 31.2 Å². The lowest BCUT2D eigenvalue weighted by atomic mass is 9.95. The number of ether oxygens (including phenoxy) is 1. The first-order chi connectivity index (χ1) is 18.2. The lowest BCUT2D eigenvalue weighted by molar-refractivity contribution is -0.124. The fraction of sp³-hybridized carbons (Fsp3) is 0.333. The summed E-state index contributed by atoms with van der Waals surface area (Å²) in [5.74, 6) is -1.14. The summed E-state index contributed by atoms with van der Waals surface area (Å²) in [5.41, 5.74) is 12.4. The molecule has 38 heavy (non-hydrogen) atoms. The monoisotopic (exact) mass is 539 g/mol. The number of carbonyl (C=O) groups is 3. The van der Waals surface area contributed by atoms with Gasteiger partial charge in [0.15, 0.2) is 11.7 Å². The number of nitrogens with one attached hydrogen (secondary N) is 1. The fourth-order valence-corrected chi connectivity index (χ4v) is 5.36. The van der Waals surface area contributed by atoms with Crippen molar-refractivity contribution in [2.24, 2.45) is 5.73 Å². The number of nitrogens with two attached hydrogens (primary N) is 2. The number of hydrogen-bond acceptors (Lipinski definition) is 8. The van der Waals surface area contributed by atoms with Gasteiger partial charge in [0.1, 0.15) is 28.3 Å². The number of nitrogen functional groups attached to an aromatic ring is 1. The highest BCUT2D eigenvalue weighted by atomic mass is 32.1. The van der Waals surface area contributed by atoms with Crippen LogP contribution in [0.5, 0.6) is 5.75 Å². The Labute approximate surface area is 224 Å². The first kappa shape index (κ1) is 27.1. The number of ketones is 1. The van der Waals surface area contributed by atoms with E-state index in [1.807, 2.05) is 0 Å². The molecule has 1 fully saturated rings. The summed E-state index contributed by atoms with van der Waals surface area (Å²) in [6.07, 6.45) is 5.45. The molecule has 0 spiro atoms. The smallest absolute Gasteiger partial charge is 0.258 e. The van der Waals surface area contributed by atoms with Gasteiger partial charge in [0.05, 0.1) is 0 Å². The quantitative estimate of drug-likeness (QED) is 0.332. The van der Waals surface area contributed by atoms with Gasteiger partial charge in [0, 0.05) is 17.3 Å². The molecule has 3 aromatic rings. The Morgan fingerprint density at radius 1 is 1.11 bits per heavy atom. The van der Waals surface area contributed by atoms with Crippen LogP contribution in [0.15, 0.2) is 48.5 Å². The Kier molecular flexibility index (Phi) is 8.57. The number of aromatic nitrogens is 1. The molecule has 2 aromatic carbocycles. The van der Waals surface area contributed by atoms with E-state index in [-0.39, 0.29) is 40.2 Å². The number of benzene rings is 2. The average Bonchev–Trinajstić information content (AvgIpc) is 3.29. The van der Waals surface area contributed by atoms with Gasteiger partial charge in [-0.05, 0) is 68.3 Å². The normalized spacial score (nSPS) is 14.5. The third kappa shape index (κ3) is 6.46. The van der Waals surface area contributed by atoms with Gasteiger partial charge in [-0.2, -0.15) is 0 Å². The maximum Gasteiger partial charge on any atom is 0.258 e. The van der Waals surface area contributed by atoms with Gasteiger partial charge in [-0.1, -0.05) is 30.6 Å². The molecular formula is C27H30FN5O4S. The molecule has 5 N–H and O–H groups in total. The van der Waals surface area contributed by atoms with Crippen LogP contribution in [-0.2, 0) is 9.59 Å². The number of nitrogens with zero attached hydrogens (tertiary/aromatic N) is 2. The second-order valence-corrected chi connectivity index (χ2v) is 10.2. The number of rotatable bonds is 10. The molecule has 0 saturated heterocycles. The zero-order valence-electron chi connectivity index (χ0n) is 21.0. The molecule has 1 heterocycles. The lowest BCUT2D eigenvalue weighted by Crippen LogP contribution is -2.39. The van der Waals surface area contributed by atoms with Crippen LogP contribution in [0.2, 0.25) is 0 Å². The van der Waals surface area contributed by atoms with Crippen molar-refractivity contribution in [2.45, 2.75) is 51.1 Å². The largest absolute Gasteiger partial charge is 0.484 e. The Hall–Kier alpha value is -3.99. The second kappa shape index (κ2) is 12.0. The summed E-state index contributed by atoms with van der Waals surface area (Å²) in [5, 5.41) is 3.27. The van der Waals surface area contributed by atoms with E-state index in [0.29, 0.717) is 17.0 Å². The minimum Gasteiger partial charge on any atom is -0.484 e. The summed E-state index contributed by atoms with van der Waals surface area (Å²) in [4.78, 5) is 43.4. The van der Waals surface area contributed by atoms with Crippen molar-refractivity contribution in [3.8, 4) is 5.75 Å². The first-order valence-corrected chi connectivity index (χ1v) is 13.2. The van der Waals surface area contributed by atoms with E-state index >= 15 is 0 Å². The zero-order chi connectivity index (χ0) is 27.2. The van der Waals surface area contributed by atoms with Crippen molar-refractivity contribution in [1.29, 1.82) is 0 Å². The van der Waals surface area contributed by atoms with Gasteiger partial charge >= 0.3 is 0 Å². The van der Waals surface area contributed by atoms with Crippen LogP contribution in [0.25, 0.3) is 0 Å². The number of primary amides is 1. The van der Waals surface area contributed by atoms with Gasteiger partial charge in [-0.25, -0.2) is 9.37 Å². The molecule has 1 aliphatic carbocycles. The number of halogens is 1. The van der Waals surface area contributed by atoms with E-state index in [9.17, 15) is 18.8 Å². The maximum atomic E-state index is 13.5.